The highest BCUT2D eigenvalue weighted by Gasteiger charge is 2.31. The number of carbonyl (C=O) groups excluding carboxylic acids is 2. The molecule has 0 fully saturated rings. The van der Waals surface area contributed by atoms with Gasteiger partial charge in [0, 0.05) is 0 Å². The minimum absolute atomic E-state index is 0.0470. The van der Waals surface area contributed by atoms with Crippen LogP contribution in [0.2, 0.25) is 0 Å². The third-order valence-corrected chi connectivity index (χ3v) is 6.05. The lowest BCUT2D eigenvalue weighted by molar-refractivity contribution is -0.151. The van der Waals surface area contributed by atoms with Crippen molar-refractivity contribution < 1.29 is 32.0 Å². The largest absolute Gasteiger partial charge is 0.747 e. The number of esters is 2. The number of hydrogen-bond donors (Lipinski definition) is 0. The van der Waals surface area contributed by atoms with E-state index in [-0.39, 0.29) is 25.0 Å². The Bertz CT molecular complexity index is 545. The van der Waals surface area contributed by atoms with Crippen LogP contribution in [0.4, 0.5) is 0 Å². The smallest absolute Gasteiger partial charge is 0.323 e. The molecule has 0 radical (unpaired) electrons. The molecule has 0 aliphatic rings. The van der Waals surface area contributed by atoms with Gasteiger partial charge in [-0.25, -0.2) is 8.42 Å². The molecule has 0 aromatic rings. The minimum Gasteiger partial charge on any atom is -0.747 e. The molecule has 3 atom stereocenters. The lowest BCUT2D eigenvalue weighted by Crippen LogP contribution is -2.35. The zero-order valence-corrected chi connectivity index (χ0v) is 18.6. The van der Waals surface area contributed by atoms with Gasteiger partial charge in [0.15, 0.2) is 5.25 Å². The first kappa shape index (κ1) is 26.9. The molecule has 0 saturated carbocycles. The first-order valence-corrected chi connectivity index (χ1v) is 11.9. The van der Waals surface area contributed by atoms with Crippen molar-refractivity contribution in [1.82, 2.24) is 0 Å². The second-order valence-corrected chi connectivity index (χ2v) is 8.89. The van der Waals surface area contributed by atoms with Crippen LogP contribution >= 0.6 is 0 Å². The third-order valence-electron chi connectivity index (χ3n) is 4.99. The Morgan fingerprint density at radius 1 is 0.857 bits per heavy atom. The number of ether oxygens (including phenoxy) is 2. The normalized spacial score (nSPS) is 14.9. The second-order valence-electron chi connectivity index (χ2n) is 7.33. The number of hydrogen-bond acceptors (Lipinski definition) is 7. The fourth-order valence-corrected chi connectivity index (χ4v) is 3.46. The molecule has 0 spiro atoms. The molecular weight excluding hydrogens is 384 g/mol. The molecule has 28 heavy (non-hydrogen) atoms. The van der Waals surface area contributed by atoms with E-state index in [0.29, 0.717) is 0 Å². The van der Waals surface area contributed by atoms with E-state index >= 15 is 0 Å². The highest BCUT2D eigenvalue weighted by Crippen LogP contribution is 2.17. The third kappa shape index (κ3) is 11.6. The second kappa shape index (κ2) is 14.8. The van der Waals surface area contributed by atoms with Crippen molar-refractivity contribution in [2.45, 2.75) is 90.7 Å². The van der Waals surface area contributed by atoms with Crippen LogP contribution in [0.3, 0.4) is 0 Å². The van der Waals surface area contributed by atoms with Gasteiger partial charge in [-0.2, -0.15) is 0 Å². The fourth-order valence-electron chi connectivity index (χ4n) is 2.81. The van der Waals surface area contributed by atoms with Crippen LogP contribution in [-0.4, -0.2) is 43.4 Å². The maximum atomic E-state index is 12.1. The Kier molecular flexibility index (Phi) is 14.2. The Balaban J connectivity index is 4.73. The molecule has 0 aromatic heterocycles. The van der Waals surface area contributed by atoms with Crippen molar-refractivity contribution in [1.29, 1.82) is 0 Å². The van der Waals surface area contributed by atoms with Crippen LogP contribution in [0, 0.1) is 11.8 Å². The zero-order chi connectivity index (χ0) is 21.6. The topological polar surface area (TPSA) is 110 Å². The molecule has 0 amide bonds. The first-order valence-electron chi connectivity index (χ1n) is 10.5. The molecule has 8 heteroatoms. The van der Waals surface area contributed by atoms with E-state index in [4.69, 9.17) is 9.47 Å². The zero-order valence-electron chi connectivity index (χ0n) is 17.8. The van der Waals surface area contributed by atoms with Gasteiger partial charge in [0.25, 0.3) is 0 Å². The van der Waals surface area contributed by atoms with Gasteiger partial charge < -0.3 is 14.0 Å². The number of rotatable bonds is 16. The van der Waals surface area contributed by atoms with E-state index in [1.807, 2.05) is 13.8 Å². The van der Waals surface area contributed by atoms with Crippen LogP contribution in [0.5, 0.6) is 0 Å². The summed E-state index contributed by atoms with van der Waals surface area (Å²) in [4.78, 5) is 24.1. The lowest BCUT2D eigenvalue weighted by atomic mass is 10.0. The Morgan fingerprint density at radius 2 is 1.32 bits per heavy atom. The van der Waals surface area contributed by atoms with Gasteiger partial charge in [-0.1, -0.05) is 66.2 Å². The van der Waals surface area contributed by atoms with Crippen molar-refractivity contribution in [2.24, 2.45) is 11.8 Å². The molecule has 0 aliphatic heterocycles. The van der Waals surface area contributed by atoms with Crippen LogP contribution in [0.1, 0.15) is 85.5 Å². The van der Waals surface area contributed by atoms with Crippen molar-refractivity contribution in [3.63, 3.8) is 0 Å². The molecule has 1 unspecified atom stereocenters. The van der Waals surface area contributed by atoms with Gasteiger partial charge in [-0.05, 0) is 24.7 Å². The van der Waals surface area contributed by atoms with Crippen LogP contribution < -0.4 is 0 Å². The Hall–Kier alpha value is -1.15. The van der Waals surface area contributed by atoms with Crippen LogP contribution in [-0.2, 0) is 29.2 Å². The quantitative estimate of drug-likeness (QED) is 0.275. The average Bonchev–Trinajstić information content (AvgIpc) is 2.65. The summed E-state index contributed by atoms with van der Waals surface area (Å²) in [7, 11) is -5.01. The predicted molar refractivity (Wildman–Crippen MR) is 107 cm³/mol. The molecule has 7 nitrogen and oxygen atoms in total. The van der Waals surface area contributed by atoms with E-state index in [2.05, 4.69) is 13.8 Å². The summed E-state index contributed by atoms with van der Waals surface area (Å²) < 4.78 is 44.6. The molecule has 0 N–H and O–H groups in total. The van der Waals surface area contributed by atoms with Crippen LogP contribution in [0.25, 0.3) is 0 Å². The molecule has 0 bridgehead atoms. The number of unbranched alkanes of at least 4 members (excludes halogenated alkanes) is 2. The van der Waals surface area contributed by atoms with E-state index in [9.17, 15) is 22.6 Å². The van der Waals surface area contributed by atoms with Crippen molar-refractivity contribution >= 4 is 22.1 Å². The lowest BCUT2D eigenvalue weighted by Gasteiger charge is -2.21. The summed E-state index contributed by atoms with van der Waals surface area (Å²) >= 11 is 0. The average molecular weight is 422 g/mol. The molecule has 0 saturated heterocycles. The van der Waals surface area contributed by atoms with Crippen molar-refractivity contribution in [3.8, 4) is 0 Å². The Morgan fingerprint density at radius 3 is 1.71 bits per heavy atom. The van der Waals surface area contributed by atoms with Gasteiger partial charge in [0.2, 0.25) is 0 Å². The Labute approximate surface area is 170 Å². The van der Waals surface area contributed by atoms with E-state index in [1.165, 1.54) is 0 Å². The fraction of sp³-hybridized carbons (Fsp3) is 0.900. The van der Waals surface area contributed by atoms with Gasteiger partial charge in [-0.15, -0.1) is 0 Å². The maximum absolute atomic E-state index is 12.1. The SMILES string of the molecule is CCCC[C@H](CC)COC(=O)CC(C(=O)OC[C@@H](CC)CCCC)S(=O)(=O)[O-]. The summed E-state index contributed by atoms with van der Waals surface area (Å²) in [5, 5.41) is -2.06. The first-order chi connectivity index (χ1) is 13.2. The molecule has 0 heterocycles. The van der Waals surface area contributed by atoms with E-state index in [1.54, 1.807) is 0 Å². The summed E-state index contributed by atoms with van der Waals surface area (Å²) in [6.45, 7) is 8.26. The highest BCUT2D eigenvalue weighted by atomic mass is 32.2. The monoisotopic (exact) mass is 421 g/mol. The minimum atomic E-state index is -5.01. The summed E-state index contributed by atoms with van der Waals surface area (Å²) in [6.07, 6.45) is 6.58. The molecule has 0 rings (SSSR count). The van der Waals surface area contributed by atoms with Crippen LogP contribution in [0.15, 0.2) is 0 Å². The summed E-state index contributed by atoms with van der Waals surface area (Å²) in [6, 6.07) is 0. The standard InChI is InChI=1S/C20H38O7S/c1-5-9-11-16(7-3)14-26-19(21)13-18(28(23,24)25)20(22)27-15-17(8-4)12-10-6-2/h16-18H,5-15H2,1-4H3,(H,23,24,25)/p-1/t16-,17-,18?/m0/s1. The highest BCUT2D eigenvalue weighted by molar-refractivity contribution is 7.87. The molecule has 0 aromatic carbocycles. The maximum Gasteiger partial charge on any atom is 0.323 e. The van der Waals surface area contributed by atoms with E-state index < -0.39 is 33.7 Å². The van der Waals surface area contributed by atoms with E-state index in [0.717, 1.165) is 51.4 Å². The molecule has 0 aliphatic carbocycles. The predicted octanol–water partition coefficient (Wildman–Crippen LogP) is 3.81. The van der Waals surface area contributed by atoms with Crippen molar-refractivity contribution in [3.05, 3.63) is 0 Å². The number of carbonyl (C=O) groups is 2. The molecule has 166 valence electrons. The summed E-state index contributed by atoms with van der Waals surface area (Å²) in [5.74, 6) is -1.74. The van der Waals surface area contributed by atoms with Crippen molar-refractivity contribution in [2.75, 3.05) is 13.2 Å². The van der Waals surface area contributed by atoms with Gasteiger partial charge in [0.1, 0.15) is 10.1 Å². The molecular formula is C20H37O7S-. The van der Waals surface area contributed by atoms with Gasteiger partial charge in [0.05, 0.1) is 19.6 Å². The van der Waals surface area contributed by atoms with Gasteiger partial charge in [-0.3, -0.25) is 9.59 Å². The van der Waals surface area contributed by atoms with Gasteiger partial charge >= 0.3 is 11.9 Å². The summed E-state index contributed by atoms with van der Waals surface area (Å²) in [5.41, 5.74) is 0.